The zero-order valence-electron chi connectivity index (χ0n) is 15.3. The van der Waals surface area contributed by atoms with Crippen molar-refractivity contribution in [3.63, 3.8) is 0 Å². The lowest BCUT2D eigenvalue weighted by atomic mass is 9.99. The van der Waals surface area contributed by atoms with Crippen molar-refractivity contribution in [1.29, 1.82) is 0 Å². The molecule has 1 fully saturated rings. The third-order valence-electron chi connectivity index (χ3n) is 4.97. The highest BCUT2D eigenvalue weighted by Crippen LogP contribution is 2.26. The van der Waals surface area contributed by atoms with Gasteiger partial charge in [0.25, 0.3) is 0 Å². The second-order valence-corrected chi connectivity index (χ2v) is 8.92. The molecule has 6 heteroatoms. The molecule has 1 N–H and O–H groups in total. The van der Waals surface area contributed by atoms with Crippen LogP contribution in [0.4, 0.5) is 0 Å². The SMILES string of the molecule is CCCS(=O)(=O)N1CCC[C@@H]1C(=O)N[C@H](C)c1cccc2ccccc12. The van der Waals surface area contributed by atoms with Gasteiger partial charge in [0, 0.05) is 6.54 Å². The minimum Gasteiger partial charge on any atom is -0.348 e. The third kappa shape index (κ3) is 3.76. The van der Waals surface area contributed by atoms with Crippen molar-refractivity contribution in [2.24, 2.45) is 0 Å². The minimum absolute atomic E-state index is 0.0929. The van der Waals surface area contributed by atoms with E-state index in [9.17, 15) is 13.2 Å². The Morgan fingerprint density at radius 1 is 1.23 bits per heavy atom. The van der Waals surface area contributed by atoms with Gasteiger partial charge in [-0.25, -0.2) is 8.42 Å². The Morgan fingerprint density at radius 2 is 1.96 bits per heavy atom. The van der Waals surface area contributed by atoms with E-state index in [1.807, 2.05) is 56.3 Å². The average Bonchev–Trinajstić information content (AvgIpc) is 3.12. The molecule has 0 spiro atoms. The second-order valence-electron chi connectivity index (χ2n) is 6.88. The van der Waals surface area contributed by atoms with Crippen molar-refractivity contribution in [3.05, 3.63) is 48.0 Å². The van der Waals surface area contributed by atoms with Crippen LogP contribution in [0.15, 0.2) is 42.5 Å². The number of benzene rings is 2. The van der Waals surface area contributed by atoms with E-state index in [-0.39, 0.29) is 17.7 Å². The van der Waals surface area contributed by atoms with Crippen molar-refractivity contribution < 1.29 is 13.2 Å². The summed E-state index contributed by atoms with van der Waals surface area (Å²) in [7, 11) is -3.37. The maximum atomic E-state index is 12.8. The fourth-order valence-electron chi connectivity index (χ4n) is 3.73. The number of rotatable bonds is 6. The molecule has 1 saturated heterocycles. The van der Waals surface area contributed by atoms with Gasteiger partial charge < -0.3 is 5.32 Å². The Labute approximate surface area is 155 Å². The van der Waals surface area contributed by atoms with Gasteiger partial charge in [0.15, 0.2) is 0 Å². The Bertz CT molecular complexity index is 890. The van der Waals surface area contributed by atoms with Crippen molar-refractivity contribution >= 4 is 26.7 Å². The number of sulfonamides is 1. The second kappa shape index (κ2) is 7.76. The summed E-state index contributed by atoms with van der Waals surface area (Å²) in [6, 6.07) is 13.3. The number of fused-ring (bicyclic) bond motifs is 1. The van der Waals surface area contributed by atoms with Crippen molar-refractivity contribution in [1.82, 2.24) is 9.62 Å². The lowest BCUT2D eigenvalue weighted by Gasteiger charge is -2.25. The summed E-state index contributed by atoms with van der Waals surface area (Å²) in [4.78, 5) is 12.8. The molecule has 0 aliphatic carbocycles. The number of amides is 1. The van der Waals surface area contributed by atoms with Crippen LogP contribution < -0.4 is 5.32 Å². The zero-order chi connectivity index (χ0) is 18.7. The van der Waals surface area contributed by atoms with Crippen LogP contribution in [0.2, 0.25) is 0 Å². The molecule has 2 aromatic carbocycles. The molecule has 140 valence electrons. The molecular weight excluding hydrogens is 348 g/mol. The van der Waals surface area contributed by atoms with E-state index in [0.717, 1.165) is 22.8 Å². The lowest BCUT2D eigenvalue weighted by molar-refractivity contribution is -0.124. The molecule has 26 heavy (non-hydrogen) atoms. The molecule has 1 heterocycles. The molecule has 2 aromatic rings. The first-order valence-corrected chi connectivity index (χ1v) is 10.8. The van der Waals surface area contributed by atoms with Crippen LogP contribution in [0.5, 0.6) is 0 Å². The zero-order valence-corrected chi connectivity index (χ0v) is 16.1. The fourth-order valence-corrected chi connectivity index (χ4v) is 5.47. The maximum absolute atomic E-state index is 12.8. The molecule has 0 bridgehead atoms. The van der Waals surface area contributed by atoms with Gasteiger partial charge >= 0.3 is 0 Å². The Hall–Kier alpha value is -1.92. The molecule has 3 rings (SSSR count). The minimum atomic E-state index is -3.37. The smallest absolute Gasteiger partial charge is 0.238 e. The molecule has 0 saturated carbocycles. The number of carbonyl (C=O) groups excluding carboxylic acids is 1. The average molecular weight is 375 g/mol. The first-order chi connectivity index (χ1) is 12.4. The highest BCUT2D eigenvalue weighted by atomic mass is 32.2. The van der Waals surface area contributed by atoms with Crippen molar-refractivity contribution in [3.8, 4) is 0 Å². The van der Waals surface area contributed by atoms with E-state index in [4.69, 9.17) is 0 Å². The lowest BCUT2D eigenvalue weighted by Crippen LogP contribution is -2.47. The molecule has 0 radical (unpaired) electrons. The van der Waals surface area contributed by atoms with Crippen molar-refractivity contribution in [2.45, 2.75) is 45.2 Å². The van der Waals surface area contributed by atoms with Gasteiger partial charge in [-0.05, 0) is 42.5 Å². The van der Waals surface area contributed by atoms with Crippen LogP contribution in [-0.2, 0) is 14.8 Å². The molecular formula is C20H26N2O3S. The largest absolute Gasteiger partial charge is 0.348 e. The van der Waals surface area contributed by atoms with Gasteiger partial charge in [-0.2, -0.15) is 4.31 Å². The van der Waals surface area contributed by atoms with Crippen molar-refractivity contribution in [2.75, 3.05) is 12.3 Å². The standard InChI is InChI=1S/C20H26N2O3S/c1-3-14-26(24,25)22-13-7-12-19(22)20(23)21-15(2)17-11-6-9-16-8-4-5-10-18(16)17/h4-6,8-11,15,19H,3,7,12-14H2,1-2H3,(H,21,23)/t15-,19-/m1/s1. The van der Waals surface area contributed by atoms with Crippen LogP contribution in [0, 0.1) is 0 Å². The van der Waals surface area contributed by atoms with E-state index in [1.165, 1.54) is 4.31 Å². The monoisotopic (exact) mass is 374 g/mol. The summed E-state index contributed by atoms with van der Waals surface area (Å²) in [5, 5.41) is 5.26. The molecule has 0 aromatic heterocycles. The maximum Gasteiger partial charge on any atom is 0.238 e. The molecule has 1 aliphatic rings. The summed E-state index contributed by atoms with van der Waals surface area (Å²) in [6.45, 7) is 4.22. The molecule has 0 unspecified atom stereocenters. The van der Waals surface area contributed by atoms with Gasteiger partial charge in [0.05, 0.1) is 11.8 Å². The van der Waals surface area contributed by atoms with Crippen LogP contribution >= 0.6 is 0 Å². The normalized spacial score (nSPS) is 19.5. The predicted molar refractivity (Wildman–Crippen MR) is 104 cm³/mol. The third-order valence-corrected chi connectivity index (χ3v) is 7.05. The van der Waals surface area contributed by atoms with E-state index < -0.39 is 16.1 Å². The van der Waals surface area contributed by atoms with Gasteiger partial charge in [0.1, 0.15) is 6.04 Å². The van der Waals surface area contributed by atoms with Gasteiger partial charge in [-0.3, -0.25) is 4.79 Å². The van der Waals surface area contributed by atoms with Gasteiger partial charge in [0.2, 0.25) is 15.9 Å². The van der Waals surface area contributed by atoms with E-state index >= 15 is 0 Å². The first kappa shape index (κ1) is 18.9. The van der Waals surface area contributed by atoms with Crippen LogP contribution in [-0.4, -0.2) is 37.0 Å². The van der Waals surface area contributed by atoms with Crippen LogP contribution in [0.3, 0.4) is 0 Å². The number of nitrogens with one attached hydrogen (secondary N) is 1. The quantitative estimate of drug-likeness (QED) is 0.844. The molecule has 1 amide bonds. The summed E-state index contributed by atoms with van der Waals surface area (Å²) >= 11 is 0. The first-order valence-electron chi connectivity index (χ1n) is 9.21. The molecule has 5 nitrogen and oxygen atoms in total. The van der Waals surface area contributed by atoms with Gasteiger partial charge in [-0.15, -0.1) is 0 Å². The van der Waals surface area contributed by atoms with Crippen LogP contribution in [0.1, 0.15) is 44.7 Å². The highest BCUT2D eigenvalue weighted by molar-refractivity contribution is 7.89. The van der Waals surface area contributed by atoms with E-state index in [0.29, 0.717) is 19.4 Å². The number of hydrogen-bond acceptors (Lipinski definition) is 3. The van der Waals surface area contributed by atoms with Crippen LogP contribution in [0.25, 0.3) is 10.8 Å². The Kier molecular flexibility index (Phi) is 5.63. The molecule has 1 aliphatic heterocycles. The number of nitrogens with zero attached hydrogens (tertiary/aromatic N) is 1. The summed E-state index contributed by atoms with van der Waals surface area (Å²) in [5.74, 6) is -0.113. The number of hydrogen-bond donors (Lipinski definition) is 1. The molecule has 2 atom stereocenters. The fraction of sp³-hybridized carbons (Fsp3) is 0.450. The number of carbonyl (C=O) groups is 1. The van der Waals surface area contributed by atoms with E-state index in [2.05, 4.69) is 5.32 Å². The Balaban J connectivity index is 1.78. The summed E-state index contributed by atoms with van der Waals surface area (Å²) in [5.41, 5.74) is 1.04. The Morgan fingerprint density at radius 3 is 2.73 bits per heavy atom. The highest BCUT2D eigenvalue weighted by Gasteiger charge is 2.38. The summed E-state index contributed by atoms with van der Waals surface area (Å²) in [6.07, 6.45) is 1.86. The topological polar surface area (TPSA) is 66.5 Å². The van der Waals surface area contributed by atoms with Gasteiger partial charge in [-0.1, -0.05) is 49.4 Å². The van der Waals surface area contributed by atoms with E-state index in [1.54, 1.807) is 0 Å². The summed E-state index contributed by atoms with van der Waals surface area (Å²) < 4.78 is 26.2. The predicted octanol–water partition coefficient (Wildman–Crippen LogP) is 3.22.